The van der Waals surface area contributed by atoms with Crippen molar-refractivity contribution in [1.82, 2.24) is 20.4 Å². The summed E-state index contributed by atoms with van der Waals surface area (Å²) in [6.07, 6.45) is 0. The average Bonchev–Trinajstić information content (AvgIpc) is 3.00. The van der Waals surface area contributed by atoms with E-state index in [1.807, 2.05) is 31.2 Å². The van der Waals surface area contributed by atoms with Crippen molar-refractivity contribution in [2.24, 2.45) is 0 Å². The monoisotopic (exact) mass is 460 g/mol. The van der Waals surface area contributed by atoms with Crippen molar-refractivity contribution in [3.05, 3.63) is 63.1 Å². The number of hydrogen-bond acceptors (Lipinski definition) is 6. The quantitative estimate of drug-likeness (QED) is 0.614. The van der Waals surface area contributed by atoms with Crippen LogP contribution >= 0.6 is 11.6 Å². The van der Waals surface area contributed by atoms with Crippen LogP contribution in [0, 0.1) is 13.8 Å². The standard InChI is InChI=1S/C22H25ClN4O5/c1-5-31-20(28)17-13(3)24-22(30)25-16(17)11-32-21(29)18-14(4)26-27(19(18)23)10-15-8-6-12(2)7-9-15/h6-9,13H,5,10-11H2,1-4H3,(H2,24,25,30). The second-order valence-corrected chi connectivity index (χ2v) is 7.76. The van der Waals surface area contributed by atoms with E-state index in [0.717, 1.165) is 11.1 Å². The van der Waals surface area contributed by atoms with Gasteiger partial charge in [0.05, 0.1) is 36.2 Å². The van der Waals surface area contributed by atoms with Crippen LogP contribution in [0.3, 0.4) is 0 Å². The van der Waals surface area contributed by atoms with Crippen LogP contribution in [-0.4, -0.2) is 47.0 Å². The van der Waals surface area contributed by atoms with Gasteiger partial charge in [0.15, 0.2) is 0 Å². The predicted octanol–water partition coefficient (Wildman–Crippen LogP) is 2.88. The zero-order valence-electron chi connectivity index (χ0n) is 18.3. The molecule has 0 spiro atoms. The van der Waals surface area contributed by atoms with E-state index in [1.165, 1.54) is 4.68 Å². The fourth-order valence-corrected chi connectivity index (χ4v) is 3.67. The molecule has 0 bridgehead atoms. The zero-order chi connectivity index (χ0) is 23.4. The Morgan fingerprint density at radius 2 is 1.84 bits per heavy atom. The van der Waals surface area contributed by atoms with Crippen molar-refractivity contribution in [3.8, 4) is 0 Å². The zero-order valence-corrected chi connectivity index (χ0v) is 19.1. The van der Waals surface area contributed by atoms with Gasteiger partial charge in [0, 0.05) is 0 Å². The molecule has 1 unspecified atom stereocenters. The van der Waals surface area contributed by atoms with Crippen LogP contribution < -0.4 is 10.6 Å². The molecule has 1 aliphatic rings. The number of aryl methyl sites for hydroxylation is 2. The van der Waals surface area contributed by atoms with Gasteiger partial charge in [-0.3, -0.25) is 0 Å². The Bertz CT molecular complexity index is 1070. The number of amides is 2. The topological polar surface area (TPSA) is 112 Å². The number of nitrogens with zero attached hydrogens (tertiary/aromatic N) is 2. The van der Waals surface area contributed by atoms with Crippen molar-refractivity contribution in [2.75, 3.05) is 13.2 Å². The number of halogens is 1. The lowest BCUT2D eigenvalue weighted by molar-refractivity contribution is -0.139. The molecule has 2 amide bonds. The largest absolute Gasteiger partial charge is 0.463 e. The van der Waals surface area contributed by atoms with Crippen LogP contribution in [0.2, 0.25) is 5.15 Å². The molecule has 170 valence electrons. The van der Waals surface area contributed by atoms with Gasteiger partial charge < -0.3 is 20.1 Å². The molecule has 0 saturated heterocycles. The van der Waals surface area contributed by atoms with Gasteiger partial charge in [-0.15, -0.1) is 0 Å². The second kappa shape index (κ2) is 9.86. The van der Waals surface area contributed by atoms with Crippen LogP contribution in [0.5, 0.6) is 0 Å². The Labute approximate surface area is 190 Å². The maximum Gasteiger partial charge on any atom is 0.343 e. The van der Waals surface area contributed by atoms with E-state index in [2.05, 4.69) is 15.7 Å². The smallest absolute Gasteiger partial charge is 0.343 e. The third-order valence-corrected chi connectivity index (χ3v) is 5.32. The van der Waals surface area contributed by atoms with Crippen molar-refractivity contribution < 1.29 is 23.9 Å². The van der Waals surface area contributed by atoms with Gasteiger partial charge in [0.2, 0.25) is 0 Å². The molecule has 10 heteroatoms. The number of rotatable bonds is 7. The van der Waals surface area contributed by atoms with E-state index < -0.39 is 24.0 Å². The number of ether oxygens (including phenoxy) is 2. The third kappa shape index (κ3) is 5.11. The normalized spacial score (nSPS) is 15.8. The molecule has 32 heavy (non-hydrogen) atoms. The summed E-state index contributed by atoms with van der Waals surface area (Å²) in [5, 5.41) is 9.60. The number of aromatic nitrogens is 2. The SMILES string of the molecule is CCOC(=O)C1=C(COC(=O)c2c(C)nn(Cc3ccc(C)cc3)c2Cl)NC(=O)NC1C. The van der Waals surface area contributed by atoms with Gasteiger partial charge in [-0.25, -0.2) is 19.1 Å². The summed E-state index contributed by atoms with van der Waals surface area (Å²) in [6.45, 7) is 7.21. The van der Waals surface area contributed by atoms with Crippen molar-refractivity contribution in [1.29, 1.82) is 0 Å². The Hall–Kier alpha value is -3.33. The molecule has 2 heterocycles. The number of carbonyl (C=O) groups is 3. The van der Waals surface area contributed by atoms with Crippen LogP contribution in [0.15, 0.2) is 35.5 Å². The molecule has 9 nitrogen and oxygen atoms in total. The van der Waals surface area contributed by atoms with Gasteiger partial charge in [0.1, 0.15) is 17.3 Å². The summed E-state index contributed by atoms with van der Waals surface area (Å²) in [4.78, 5) is 36.9. The van der Waals surface area contributed by atoms with Gasteiger partial charge in [0.25, 0.3) is 0 Å². The highest BCUT2D eigenvalue weighted by Gasteiger charge is 2.31. The number of nitrogens with one attached hydrogen (secondary N) is 2. The molecule has 1 aliphatic heterocycles. The predicted molar refractivity (Wildman–Crippen MR) is 117 cm³/mol. The summed E-state index contributed by atoms with van der Waals surface area (Å²) in [5.41, 5.74) is 3.01. The lowest BCUT2D eigenvalue weighted by Crippen LogP contribution is -2.50. The first-order chi connectivity index (χ1) is 15.2. The van der Waals surface area contributed by atoms with E-state index >= 15 is 0 Å². The van der Waals surface area contributed by atoms with Crippen molar-refractivity contribution >= 4 is 29.6 Å². The fourth-order valence-electron chi connectivity index (χ4n) is 3.36. The van der Waals surface area contributed by atoms with Gasteiger partial charge in [-0.2, -0.15) is 5.10 Å². The van der Waals surface area contributed by atoms with E-state index in [9.17, 15) is 14.4 Å². The van der Waals surface area contributed by atoms with Crippen LogP contribution in [0.25, 0.3) is 0 Å². The summed E-state index contributed by atoms with van der Waals surface area (Å²) in [6, 6.07) is 6.79. The van der Waals surface area contributed by atoms with Crippen molar-refractivity contribution in [3.63, 3.8) is 0 Å². The molecule has 3 rings (SSSR count). The maximum atomic E-state index is 12.8. The summed E-state index contributed by atoms with van der Waals surface area (Å²) in [5.74, 6) is -1.31. The summed E-state index contributed by atoms with van der Waals surface area (Å²) in [7, 11) is 0. The van der Waals surface area contributed by atoms with Crippen LogP contribution in [0.4, 0.5) is 4.79 Å². The van der Waals surface area contributed by atoms with E-state index in [-0.39, 0.29) is 35.2 Å². The number of urea groups is 1. The Kier molecular flexibility index (Phi) is 7.19. The number of hydrogen-bond donors (Lipinski definition) is 2. The van der Waals surface area contributed by atoms with E-state index in [4.69, 9.17) is 21.1 Å². The first kappa shape index (κ1) is 23.3. The Morgan fingerprint density at radius 1 is 1.16 bits per heavy atom. The molecule has 0 fully saturated rings. The third-order valence-electron chi connectivity index (χ3n) is 4.94. The lowest BCUT2D eigenvalue weighted by atomic mass is 10.0. The van der Waals surface area contributed by atoms with E-state index in [1.54, 1.807) is 20.8 Å². The van der Waals surface area contributed by atoms with Gasteiger partial charge >= 0.3 is 18.0 Å². The molecule has 1 atom stereocenters. The van der Waals surface area contributed by atoms with Crippen LogP contribution in [-0.2, 0) is 20.8 Å². The molecule has 2 N–H and O–H groups in total. The summed E-state index contributed by atoms with van der Waals surface area (Å²) < 4.78 is 12.0. The average molecular weight is 461 g/mol. The van der Waals surface area contributed by atoms with Gasteiger partial charge in [-0.05, 0) is 33.3 Å². The highest BCUT2D eigenvalue weighted by molar-refractivity contribution is 6.32. The summed E-state index contributed by atoms with van der Waals surface area (Å²) >= 11 is 6.43. The van der Waals surface area contributed by atoms with Crippen LogP contribution in [0.1, 0.15) is 41.0 Å². The first-order valence-electron chi connectivity index (χ1n) is 10.1. The second-order valence-electron chi connectivity index (χ2n) is 7.40. The molecule has 0 radical (unpaired) electrons. The lowest BCUT2D eigenvalue weighted by Gasteiger charge is -2.26. The fraction of sp³-hybridized carbons (Fsp3) is 0.364. The number of benzene rings is 1. The molecular formula is C22H25ClN4O5. The molecule has 1 aromatic carbocycles. The molecule has 0 aliphatic carbocycles. The van der Waals surface area contributed by atoms with E-state index in [0.29, 0.717) is 12.2 Å². The van der Waals surface area contributed by atoms with Crippen molar-refractivity contribution in [2.45, 2.75) is 40.3 Å². The maximum absolute atomic E-state index is 12.8. The number of esters is 2. The number of carbonyl (C=O) groups excluding carboxylic acids is 3. The molecular weight excluding hydrogens is 436 g/mol. The first-order valence-corrected chi connectivity index (χ1v) is 10.5. The van der Waals surface area contributed by atoms with Gasteiger partial charge in [-0.1, -0.05) is 41.4 Å². The molecule has 2 aromatic rings. The minimum atomic E-state index is -0.709. The molecule has 1 aromatic heterocycles. The minimum absolute atomic E-state index is 0.130. The Balaban J connectivity index is 1.78. The molecule has 0 saturated carbocycles. The highest BCUT2D eigenvalue weighted by Crippen LogP contribution is 2.23. The highest BCUT2D eigenvalue weighted by atomic mass is 35.5. The Morgan fingerprint density at radius 3 is 2.50 bits per heavy atom. The minimum Gasteiger partial charge on any atom is -0.463 e.